The molecule has 1 nitrogen and oxygen atoms in total. The molecule has 0 heterocycles. The lowest BCUT2D eigenvalue weighted by molar-refractivity contribution is 0.115. The standard InChI is InChI=1S/C15H22O.C2H6/c1-15(2,3)13-9-12(10-13)11-5-7-14(16-4)8-6-11;1-2/h5-8,12-13H,9-10H2,1-4H3;1-2H3. The van der Waals surface area contributed by atoms with E-state index in [1.165, 1.54) is 18.4 Å². The summed E-state index contributed by atoms with van der Waals surface area (Å²) in [6.45, 7) is 11.0. The van der Waals surface area contributed by atoms with Gasteiger partial charge >= 0.3 is 0 Å². The number of hydrogen-bond acceptors (Lipinski definition) is 1. The van der Waals surface area contributed by atoms with Gasteiger partial charge in [-0.1, -0.05) is 46.8 Å². The van der Waals surface area contributed by atoms with Crippen LogP contribution in [0.15, 0.2) is 24.3 Å². The molecule has 0 radical (unpaired) electrons. The molecule has 0 aromatic heterocycles. The minimum absolute atomic E-state index is 0.475. The van der Waals surface area contributed by atoms with E-state index >= 15 is 0 Å². The molecule has 0 spiro atoms. The smallest absolute Gasteiger partial charge is 0.118 e. The highest BCUT2D eigenvalue weighted by molar-refractivity contribution is 5.30. The largest absolute Gasteiger partial charge is 0.497 e. The van der Waals surface area contributed by atoms with E-state index in [1.807, 2.05) is 13.8 Å². The molecule has 1 aromatic carbocycles. The number of ether oxygens (including phenoxy) is 1. The second-order valence-electron chi connectivity index (χ2n) is 6.00. The zero-order chi connectivity index (χ0) is 13.8. The molecule has 102 valence electrons. The molecular formula is C17H28O. The van der Waals surface area contributed by atoms with Gasteiger partial charge in [0.05, 0.1) is 7.11 Å². The van der Waals surface area contributed by atoms with E-state index in [9.17, 15) is 0 Å². The van der Waals surface area contributed by atoms with E-state index < -0.39 is 0 Å². The third kappa shape index (κ3) is 3.51. The van der Waals surface area contributed by atoms with Crippen LogP contribution in [-0.4, -0.2) is 7.11 Å². The van der Waals surface area contributed by atoms with Gasteiger partial charge in [0, 0.05) is 0 Å². The average Bonchev–Trinajstić information content (AvgIpc) is 2.29. The molecular weight excluding hydrogens is 220 g/mol. The lowest BCUT2D eigenvalue weighted by Gasteiger charge is -2.44. The van der Waals surface area contributed by atoms with Crippen LogP contribution in [0.4, 0.5) is 0 Å². The second-order valence-corrected chi connectivity index (χ2v) is 6.00. The second kappa shape index (κ2) is 6.26. The van der Waals surface area contributed by atoms with E-state index in [0.29, 0.717) is 5.41 Å². The van der Waals surface area contributed by atoms with Gasteiger partial charge in [-0.25, -0.2) is 0 Å². The SMILES string of the molecule is CC.COc1ccc(C2CC(C(C)(C)C)C2)cc1. The van der Waals surface area contributed by atoms with E-state index in [1.54, 1.807) is 7.11 Å². The Morgan fingerprint density at radius 1 is 1.00 bits per heavy atom. The van der Waals surface area contributed by atoms with Crippen LogP contribution < -0.4 is 4.74 Å². The van der Waals surface area contributed by atoms with Crippen LogP contribution >= 0.6 is 0 Å². The predicted octanol–water partition coefficient (Wildman–Crippen LogP) is 5.26. The summed E-state index contributed by atoms with van der Waals surface area (Å²) in [4.78, 5) is 0. The van der Waals surface area contributed by atoms with Gasteiger partial charge in [-0.3, -0.25) is 0 Å². The summed E-state index contributed by atoms with van der Waals surface area (Å²) in [6, 6.07) is 8.56. The molecule has 0 unspecified atom stereocenters. The van der Waals surface area contributed by atoms with Crippen LogP contribution in [0, 0.1) is 11.3 Å². The molecule has 1 saturated carbocycles. The Balaban J connectivity index is 0.000000771. The number of methoxy groups -OCH3 is 1. The van der Waals surface area contributed by atoms with Gasteiger partial charge < -0.3 is 4.74 Å². The van der Waals surface area contributed by atoms with E-state index in [0.717, 1.165) is 17.6 Å². The van der Waals surface area contributed by atoms with Crippen molar-refractivity contribution in [2.75, 3.05) is 7.11 Å². The van der Waals surface area contributed by atoms with Gasteiger partial charge in [0.2, 0.25) is 0 Å². The summed E-state index contributed by atoms with van der Waals surface area (Å²) in [5.41, 5.74) is 1.95. The minimum Gasteiger partial charge on any atom is -0.497 e. The van der Waals surface area contributed by atoms with Gasteiger partial charge in [-0.2, -0.15) is 0 Å². The Labute approximate surface area is 113 Å². The lowest BCUT2D eigenvalue weighted by Crippen LogP contribution is -2.32. The third-order valence-electron chi connectivity index (χ3n) is 3.95. The zero-order valence-electron chi connectivity index (χ0n) is 12.8. The highest BCUT2D eigenvalue weighted by Gasteiger charge is 2.37. The maximum absolute atomic E-state index is 5.18. The first-order valence-electron chi connectivity index (χ1n) is 7.14. The Hall–Kier alpha value is -0.980. The van der Waals surface area contributed by atoms with Crippen LogP contribution in [0.25, 0.3) is 0 Å². The van der Waals surface area contributed by atoms with Gasteiger partial charge in [0.15, 0.2) is 0 Å². The van der Waals surface area contributed by atoms with Crippen LogP contribution in [0.5, 0.6) is 5.75 Å². The molecule has 0 atom stereocenters. The number of benzene rings is 1. The van der Waals surface area contributed by atoms with E-state index in [2.05, 4.69) is 45.0 Å². The number of hydrogen-bond donors (Lipinski definition) is 0. The van der Waals surface area contributed by atoms with Gasteiger partial charge in [-0.05, 0) is 47.8 Å². The van der Waals surface area contributed by atoms with Gasteiger partial charge in [-0.15, -0.1) is 0 Å². The first-order valence-corrected chi connectivity index (χ1v) is 7.14. The van der Waals surface area contributed by atoms with E-state index in [4.69, 9.17) is 4.74 Å². The van der Waals surface area contributed by atoms with Crippen molar-refractivity contribution >= 4 is 0 Å². The fourth-order valence-electron chi connectivity index (χ4n) is 2.47. The van der Waals surface area contributed by atoms with Crippen LogP contribution in [0.3, 0.4) is 0 Å². The molecule has 0 bridgehead atoms. The maximum atomic E-state index is 5.18. The number of rotatable bonds is 2. The topological polar surface area (TPSA) is 9.23 Å². The van der Waals surface area contributed by atoms with Crippen molar-refractivity contribution < 1.29 is 4.74 Å². The summed E-state index contributed by atoms with van der Waals surface area (Å²) in [6.07, 6.45) is 2.69. The van der Waals surface area contributed by atoms with Crippen molar-refractivity contribution in [1.29, 1.82) is 0 Å². The van der Waals surface area contributed by atoms with Crippen LogP contribution in [-0.2, 0) is 0 Å². The molecule has 2 rings (SSSR count). The molecule has 18 heavy (non-hydrogen) atoms. The molecule has 0 aliphatic heterocycles. The first kappa shape index (κ1) is 15.1. The molecule has 1 heteroatoms. The van der Waals surface area contributed by atoms with Crippen molar-refractivity contribution in [3.8, 4) is 5.75 Å². The highest BCUT2D eigenvalue weighted by atomic mass is 16.5. The fraction of sp³-hybridized carbons (Fsp3) is 0.647. The van der Waals surface area contributed by atoms with Crippen LogP contribution in [0.2, 0.25) is 0 Å². The van der Waals surface area contributed by atoms with Crippen molar-refractivity contribution in [3.05, 3.63) is 29.8 Å². The van der Waals surface area contributed by atoms with E-state index in [-0.39, 0.29) is 0 Å². The third-order valence-corrected chi connectivity index (χ3v) is 3.95. The van der Waals surface area contributed by atoms with Crippen molar-refractivity contribution in [1.82, 2.24) is 0 Å². The zero-order valence-corrected chi connectivity index (χ0v) is 12.8. The average molecular weight is 248 g/mol. The highest BCUT2D eigenvalue weighted by Crippen LogP contribution is 2.49. The Bertz CT molecular complexity index is 339. The minimum atomic E-state index is 0.475. The van der Waals surface area contributed by atoms with Crippen molar-refractivity contribution in [2.24, 2.45) is 11.3 Å². The summed E-state index contributed by atoms with van der Waals surface area (Å²) in [5.74, 6) is 2.62. The summed E-state index contributed by atoms with van der Waals surface area (Å²) < 4.78 is 5.18. The van der Waals surface area contributed by atoms with Gasteiger partial charge in [0.1, 0.15) is 5.75 Å². The molecule has 0 N–H and O–H groups in total. The first-order chi connectivity index (χ1) is 8.50. The van der Waals surface area contributed by atoms with Crippen molar-refractivity contribution in [3.63, 3.8) is 0 Å². The molecule has 1 aromatic rings. The molecule has 1 aliphatic rings. The fourth-order valence-corrected chi connectivity index (χ4v) is 2.47. The molecule has 1 fully saturated rings. The Morgan fingerprint density at radius 3 is 1.89 bits per heavy atom. The monoisotopic (exact) mass is 248 g/mol. The molecule has 1 aliphatic carbocycles. The summed E-state index contributed by atoms with van der Waals surface area (Å²) in [7, 11) is 1.72. The Kier molecular flexibility index (Phi) is 5.25. The quantitative estimate of drug-likeness (QED) is 0.693. The van der Waals surface area contributed by atoms with Gasteiger partial charge in [0.25, 0.3) is 0 Å². The van der Waals surface area contributed by atoms with Crippen molar-refractivity contribution in [2.45, 2.75) is 53.4 Å². The normalized spacial score (nSPS) is 22.6. The Morgan fingerprint density at radius 2 is 1.50 bits per heavy atom. The summed E-state index contributed by atoms with van der Waals surface area (Å²) in [5, 5.41) is 0. The lowest BCUT2D eigenvalue weighted by atomic mass is 9.61. The van der Waals surface area contributed by atoms with Crippen LogP contribution in [0.1, 0.15) is 58.9 Å². The molecule has 0 amide bonds. The summed E-state index contributed by atoms with van der Waals surface area (Å²) >= 11 is 0. The maximum Gasteiger partial charge on any atom is 0.118 e. The molecule has 0 saturated heterocycles. The predicted molar refractivity (Wildman–Crippen MR) is 79.3 cm³/mol.